The van der Waals surface area contributed by atoms with E-state index in [9.17, 15) is 4.79 Å². The molecule has 0 saturated carbocycles. The Hall–Kier alpha value is 0.849. The largest absolute Gasteiger partial charge is 0.465 e. The Morgan fingerprint density at radius 1 is 1.05 bits per heavy atom. The maximum atomic E-state index is 11.3. The molecule has 10 radical (unpaired) electrons. The normalized spacial score (nSPS) is 23.4. The van der Waals surface area contributed by atoms with Crippen LogP contribution in [0.25, 0.3) is 0 Å². The van der Waals surface area contributed by atoms with Crippen LogP contribution >= 0.6 is 17.2 Å². The van der Waals surface area contributed by atoms with E-state index in [0.29, 0.717) is 6.61 Å². The SMILES string of the molecule is CCOC(=O)[C]1[P][CH][C](C)[C]1C.C[C]1[CH][P][CH][C]1C.[Fe]. The second-order valence-electron chi connectivity index (χ2n) is 4.41. The molecule has 0 atom stereocenters. The molecular formula is C15H20FeO2P2. The van der Waals surface area contributed by atoms with Gasteiger partial charge in [0.25, 0.3) is 0 Å². The third-order valence-corrected chi connectivity index (χ3v) is 5.33. The Balaban J connectivity index is 0.000000387. The summed E-state index contributed by atoms with van der Waals surface area (Å²) in [6.45, 7) is 10.5. The number of rotatable bonds is 2. The Bertz CT molecular complexity index is 281. The molecular weight excluding hydrogens is 330 g/mol. The Morgan fingerprint density at radius 2 is 1.60 bits per heavy atom. The zero-order valence-electron chi connectivity index (χ0n) is 12.5. The van der Waals surface area contributed by atoms with Gasteiger partial charge in [0.2, 0.25) is 0 Å². The van der Waals surface area contributed by atoms with E-state index in [-0.39, 0.29) is 23.0 Å². The van der Waals surface area contributed by atoms with Crippen LogP contribution in [0.5, 0.6) is 0 Å². The van der Waals surface area contributed by atoms with E-state index in [1.54, 1.807) is 0 Å². The summed E-state index contributed by atoms with van der Waals surface area (Å²) < 4.78 is 4.91. The minimum atomic E-state index is -0.176. The fourth-order valence-electron chi connectivity index (χ4n) is 1.41. The minimum absolute atomic E-state index is 0. The Labute approximate surface area is 139 Å². The van der Waals surface area contributed by atoms with Gasteiger partial charge in [-0.05, 0) is 43.2 Å². The smallest absolute Gasteiger partial charge is 0.318 e. The molecule has 0 aromatic carbocycles. The second-order valence-corrected chi connectivity index (χ2v) is 6.19. The van der Waals surface area contributed by atoms with E-state index >= 15 is 0 Å². The molecule has 20 heavy (non-hydrogen) atoms. The molecule has 2 saturated heterocycles. The van der Waals surface area contributed by atoms with Gasteiger partial charge in [-0.25, -0.2) is 0 Å². The monoisotopic (exact) mass is 350 g/mol. The van der Waals surface area contributed by atoms with Crippen molar-refractivity contribution in [2.24, 2.45) is 0 Å². The van der Waals surface area contributed by atoms with Crippen LogP contribution < -0.4 is 0 Å². The number of esters is 1. The summed E-state index contributed by atoms with van der Waals surface area (Å²) in [4.78, 5) is 11.3. The zero-order chi connectivity index (χ0) is 14.4. The quantitative estimate of drug-likeness (QED) is 0.404. The molecule has 2 aliphatic heterocycles. The number of carbonyl (C=O) groups excluding carboxylic acids is 1. The zero-order valence-corrected chi connectivity index (χ0v) is 15.4. The standard InChI is InChI=1S/C9H12O2P.C6H8P.Fe/c1-4-11-9(10)8-7(3)6(2)5-12-8;1-5-3-7-4-6(5)2;/h5H,4H2,1-3H3;3-4H,1-2H3;. The molecule has 0 N–H and O–H groups in total. The maximum Gasteiger partial charge on any atom is 0.318 e. The molecule has 0 aromatic heterocycles. The minimum Gasteiger partial charge on any atom is -0.465 e. The van der Waals surface area contributed by atoms with Crippen molar-refractivity contribution >= 4 is 23.1 Å². The predicted octanol–water partition coefficient (Wildman–Crippen LogP) is 4.85. The summed E-state index contributed by atoms with van der Waals surface area (Å²) in [5.41, 5.74) is 0.786. The van der Waals surface area contributed by atoms with E-state index in [1.165, 1.54) is 26.3 Å². The predicted molar refractivity (Wildman–Crippen MR) is 82.3 cm³/mol. The third-order valence-electron chi connectivity index (χ3n) is 2.96. The van der Waals surface area contributed by atoms with Crippen LogP contribution in [0, 0.1) is 47.8 Å². The summed E-state index contributed by atoms with van der Waals surface area (Å²) >= 11 is 0. The van der Waals surface area contributed by atoms with Gasteiger partial charge in [0.15, 0.2) is 0 Å². The molecule has 0 aliphatic carbocycles. The molecule has 0 amide bonds. The number of hydrogen-bond donors (Lipinski definition) is 0. The molecule has 110 valence electrons. The van der Waals surface area contributed by atoms with Crippen LogP contribution in [0.4, 0.5) is 0 Å². The Kier molecular flexibility index (Phi) is 11.0. The molecule has 2 nitrogen and oxygen atoms in total. The van der Waals surface area contributed by atoms with Crippen molar-refractivity contribution in [1.29, 1.82) is 0 Å². The van der Waals surface area contributed by atoms with Gasteiger partial charge in [-0.3, -0.25) is 4.79 Å². The van der Waals surface area contributed by atoms with Crippen LogP contribution in [-0.2, 0) is 26.6 Å². The van der Waals surface area contributed by atoms with E-state index < -0.39 is 0 Å². The fraction of sp³-hybridized carbons (Fsp3) is 0.400. The van der Waals surface area contributed by atoms with Crippen LogP contribution in [0.3, 0.4) is 0 Å². The van der Waals surface area contributed by atoms with E-state index in [2.05, 4.69) is 26.2 Å². The molecule has 2 rings (SSSR count). The summed E-state index contributed by atoms with van der Waals surface area (Å²) in [5.74, 6) is 4.93. The van der Waals surface area contributed by atoms with Gasteiger partial charge in [0.05, 0.1) is 6.61 Å². The molecule has 2 heterocycles. The average Bonchev–Trinajstić information content (AvgIpc) is 2.89. The van der Waals surface area contributed by atoms with Crippen molar-refractivity contribution < 1.29 is 26.6 Å². The molecule has 2 fully saturated rings. The number of carbonyl (C=O) groups is 1. The van der Waals surface area contributed by atoms with Gasteiger partial charge < -0.3 is 4.74 Å². The van der Waals surface area contributed by atoms with Crippen LogP contribution in [0.1, 0.15) is 34.6 Å². The molecule has 0 bridgehead atoms. The van der Waals surface area contributed by atoms with E-state index in [0.717, 1.165) is 20.2 Å². The van der Waals surface area contributed by atoms with Gasteiger partial charge in [0, 0.05) is 23.0 Å². The van der Waals surface area contributed by atoms with Crippen LogP contribution in [0.2, 0.25) is 0 Å². The summed E-state index contributed by atoms with van der Waals surface area (Å²) in [5, 5.41) is 0. The van der Waals surface area contributed by atoms with Crippen molar-refractivity contribution in [2.45, 2.75) is 34.6 Å². The molecule has 0 spiro atoms. The average molecular weight is 350 g/mol. The first-order chi connectivity index (χ1) is 8.97. The Morgan fingerprint density at radius 3 is 1.90 bits per heavy atom. The topological polar surface area (TPSA) is 26.3 Å². The van der Waals surface area contributed by atoms with Gasteiger partial charge in [0.1, 0.15) is 5.66 Å². The maximum absolute atomic E-state index is 11.3. The fourth-order valence-corrected chi connectivity index (χ4v) is 3.40. The molecule has 2 aliphatic rings. The summed E-state index contributed by atoms with van der Waals surface area (Å²) in [6, 6.07) is 0. The van der Waals surface area contributed by atoms with Crippen molar-refractivity contribution in [3.63, 3.8) is 0 Å². The molecule has 0 unspecified atom stereocenters. The molecule has 5 heteroatoms. The van der Waals surface area contributed by atoms with Gasteiger partial charge in [-0.2, -0.15) is 0 Å². The van der Waals surface area contributed by atoms with E-state index in [1.807, 2.05) is 26.9 Å². The van der Waals surface area contributed by atoms with Crippen LogP contribution in [-0.4, -0.2) is 12.6 Å². The summed E-state index contributed by atoms with van der Waals surface area (Å²) in [6.07, 6.45) is 6.46. The van der Waals surface area contributed by atoms with Gasteiger partial charge in [-0.15, -0.1) is 0 Å². The first-order valence-corrected chi connectivity index (χ1v) is 8.26. The van der Waals surface area contributed by atoms with Crippen molar-refractivity contribution in [2.75, 3.05) is 6.61 Å². The first kappa shape index (κ1) is 20.8. The number of ether oxygens (including phenoxy) is 1. The first-order valence-electron chi connectivity index (χ1n) is 6.27. The van der Waals surface area contributed by atoms with Crippen molar-refractivity contribution in [1.82, 2.24) is 0 Å². The van der Waals surface area contributed by atoms with Gasteiger partial charge >= 0.3 is 5.97 Å². The van der Waals surface area contributed by atoms with Gasteiger partial charge in [-0.1, -0.05) is 44.9 Å². The second kappa shape index (κ2) is 10.6. The number of hydrogen-bond acceptors (Lipinski definition) is 2. The van der Waals surface area contributed by atoms with Crippen LogP contribution in [0.15, 0.2) is 0 Å². The van der Waals surface area contributed by atoms with E-state index in [4.69, 9.17) is 4.74 Å². The third kappa shape index (κ3) is 6.31. The summed E-state index contributed by atoms with van der Waals surface area (Å²) in [7, 11) is 2.33. The van der Waals surface area contributed by atoms with Crippen molar-refractivity contribution in [3.05, 3.63) is 47.8 Å². The molecule has 0 aromatic rings. The van der Waals surface area contributed by atoms with Crippen molar-refractivity contribution in [3.8, 4) is 0 Å².